The lowest BCUT2D eigenvalue weighted by Crippen LogP contribution is -2.44. The molecule has 1 rings (SSSR count). The van der Waals surface area contributed by atoms with Gasteiger partial charge in [-0.05, 0) is 18.2 Å². The molecule has 4 N–H and O–H groups in total. The Morgan fingerprint density at radius 3 is 2.48 bits per heavy atom. The van der Waals surface area contributed by atoms with Crippen molar-refractivity contribution in [1.82, 2.24) is 5.32 Å². The molecule has 0 saturated heterocycles. The van der Waals surface area contributed by atoms with Crippen molar-refractivity contribution in [2.24, 2.45) is 5.73 Å². The molecule has 1 aromatic carbocycles. The average molecular weight is 318 g/mol. The normalized spacial score (nSPS) is 11.7. The lowest BCUT2D eigenvalue weighted by molar-refractivity contribution is -0.143. The van der Waals surface area contributed by atoms with Crippen LogP contribution in [0.5, 0.6) is 0 Å². The second-order valence-electron chi connectivity index (χ2n) is 3.99. The van der Waals surface area contributed by atoms with Gasteiger partial charge in [0, 0.05) is 4.90 Å². The number of amides is 2. The first-order chi connectivity index (χ1) is 9.79. The molecule has 0 spiro atoms. The van der Waals surface area contributed by atoms with Crippen LogP contribution in [0.15, 0.2) is 23.1 Å². The smallest absolute Gasteiger partial charge is 0.326 e. The SMILES string of the molecule is NC(=O)CC(NC(=O)CSc1ccc(F)c(F)c1)C(=O)O. The van der Waals surface area contributed by atoms with Gasteiger partial charge < -0.3 is 16.2 Å². The van der Waals surface area contributed by atoms with Crippen molar-refractivity contribution in [2.75, 3.05) is 5.75 Å². The standard InChI is InChI=1S/C12H12F2N2O4S/c13-7-2-1-6(3-8(7)14)21-5-11(18)16-9(12(19)20)4-10(15)17/h1-3,9H,4-5H2,(H2,15,17)(H,16,18)(H,19,20). The third kappa shape index (κ3) is 5.78. The molecule has 114 valence electrons. The van der Waals surface area contributed by atoms with E-state index in [0.717, 1.165) is 23.9 Å². The fourth-order valence-corrected chi connectivity index (χ4v) is 2.08. The van der Waals surface area contributed by atoms with Gasteiger partial charge in [0.25, 0.3) is 0 Å². The molecule has 0 saturated carbocycles. The van der Waals surface area contributed by atoms with Crippen LogP contribution in [0.3, 0.4) is 0 Å². The summed E-state index contributed by atoms with van der Waals surface area (Å²) in [5.41, 5.74) is 4.87. The maximum atomic E-state index is 12.9. The summed E-state index contributed by atoms with van der Waals surface area (Å²) in [4.78, 5) is 33.3. The van der Waals surface area contributed by atoms with Gasteiger partial charge in [-0.2, -0.15) is 0 Å². The highest BCUT2D eigenvalue weighted by Crippen LogP contribution is 2.20. The summed E-state index contributed by atoms with van der Waals surface area (Å²) in [7, 11) is 0. The zero-order valence-electron chi connectivity index (χ0n) is 10.6. The Kier molecular flexibility index (Phi) is 6.10. The highest BCUT2D eigenvalue weighted by atomic mass is 32.2. The second-order valence-corrected chi connectivity index (χ2v) is 5.04. The number of primary amides is 1. The van der Waals surface area contributed by atoms with Gasteiger partial charge in [-0.25, -0.2) is 13.6 Å². The number of nitrogens with one attached hydrogen (secondary N) is 1. The second kappa shape index (κ2) is 7.58. The van der Waals surface area contributed by atoms with E-state index in [0.29, 0.717) is 4.90 Å². The number of carboxylic acids is 1. The fraction of sp³-hybridized carbons (Fsp3) is 0.250. The Balaban J connectivity index is 2.54. The van der Waals surface area contributed by atoms with E-state index < -0.39 is 41.9 Å². The molecule has 0 aromatic heterocycles. The van der Waals surface area contributed by atoms with E-state index in [-0.39, 0.29) is 5.75 Å². The number of hydrogen-bond donors (Lipinski definition) is 3. The van der Waals surface area contributed by atoms with Gasteiger partial charge in [0.2, 0.25) is 11.8 Å². The number of nitrogens with two attached hydrogens (primary N) is 1. The van der Waals surface area contributed by atoms with E-state index in [4.69, 9.17) is 10.8 Å². The van der Waals surface area contributed by atoms with Gasteiger partial charge in [-0.1, -0.05) is 0 Å². The third-order valence-corrected chi connectivity index (χ3v) is 3.29. The predicted molar refractivity (Wildman–Crippen MR) is 70.5 cm³/mol. The Morgan fingerprint density at radius 2 is 1.95 bits per heavy atom. The van der Waals surface area contributed by atoms with Crippen LogP contribution in [-0.2, 0) is 14.4 Å². The van der Waals surface area contributed by atoms with Crippen LogP contribution < -0.4 is 11.1 Å². The van der Waals surface area contributed by atoms with Gasteiger partial charge in [0.05, 0.1) is 12.2 Å². The van der Waals surface area contributed by atoms with Gasteiger partial charge >= 0.3 is 5.97 Å². The molecule has 0 aliphatic heterocycles. The van der Waals surface area contributed by atoms with E-state index in [1.54, 1.807) is 0 Å². The van der Waals surface area contributed by atoms with E-state index in [9.17, 15) is 23.2 Å². The number of carboxylic acid groups (broad SMARTS) is 1. The van der Waals surface area contributed by atoms with Gasteiger partial charge in [-0.3, -0.25) is 9.59 Å². The molecule has 9 heteroatoms. The minimum Gasteiger partial charge on any atom is -0.480 e. The molecule has 1 unspecified atom stereocenters. The minimum absolute atomic E-state index is 0.215. The molecule has 21 heavy (non-hydrogen) atoms. The van der Waals surface area contributed by atoms with Crippen LogP contribution in [0.2, 0.25) is 0 Å². The zero-order valence-corrected chi connectivity index (χ0v) is 11.5. The first-order valence-corrected chi connectivity index (χ1v) is 6.66. The molecule has 0 radical (unpaired) electrons. The number of hydrogen-bond acceptors (Lipinski definition) is 4. The molecular formula is C12H12F2N2O4S. The molecule has 1 atom stereocenters. The minimum atomic E-state index is -1.42. The monoisotopic (exact) mass is 318 g/mol. The van der Waals surface area contributed by atoms with E-state index in [1.165, 1.54) is 6.07 Å². The lowest BCUT2D eigenvalue weighted by Gasteiger charge is -2.12. The molecule has 0 fully saturated rings. The number of carbonyl (C=O) groups is 3. The van der Waals surface area contributed by atoms with Crippen LogP contribution in [0, 0.1) is 11.6 Å². The first kappa shape index (κ1) is 16.9. The number of aliphatic carboxylic acids is 1. The van der Waals surface area contributed by atoms with Crippen molar-refractivity contribution >= 4 is 29.5 Å². The van der Waals surface area contributed by atoms with Gasteiger partial charge in [0.1, 0.15) is 6.04 Å². The topological polar surface area (TPSA) is 109 Å². The Hall–Kier alpha value is -2.16. The van der Waals surface area contributed by atoms with Gasteiger partial charge in [-0.15, -0.1) is 11.8 Å². The predicted octanol–water partition coefficient (Wildman–Crippen LogP) is 0.502. The molecule has 2 amide bonds. The number of halogens is 2. The Bertz CT molecular complexity index is 568. The van der Waals surface area contributed by atoms with Crippen molar-refractivity contribution < 1.29 is 28.3 Å². The number of thioether (sulfide) groups is 1. The highest BCUT2D eigenvalue weighted by Gasteiger charge is 2.22. The van der Waals surface area contributed by atoms with Crippen molar-refractivity contribution in [1.29, 1.82) is 0 Å². The summed E-state index contributed by atoms with van der Waals surface area (Å²) >= 11 is 0.896. The van der Waals surface area contributed by atoms with Crippen molar-refractivity contribution in [2.45, 2.75) is 17.4 Å². The van der Waals surface area contributed by atoms with Crippen LogP contribution in [0.4, 0.5) is 8.78 Å². The quantitative estimate of drug-likeness (QED) is 0.634. The maximum absolute atomic E-state index is 12.9. The maximum Gasteiger partial charge on any atom is 0.326 e. The van der Waals surface area contributed by atoms with Crippen molar-refractivity contribution in [3.63, 3.8) is 0 Å². The van der Waals surface area contributed by atoms with E-state index in [2.05, 4.69) is 5.32 Å². The molecule has 1 aromatic rings. The van der Waals surface area contributed by atoms with Crippen LogP contribution in [0.25, 0.3) is 0 Å². The largest absolute Gasteiger partial charge is 0.480 e. The molecule has 0 heterocycles. The zero-order chi connectivity index (χ0) is 16.0. The summed E-state index contributed by atoms with van der Waals surface area (Å²) in [5, 5.41) is 10.9. The Labute approximate surface area is 122 Å². The fourth-order valence-electron chi connectivity index (χ4n) is 1.35. The summed E-state index contributed by atoms with van der Waals surface area (Å²) in [6, 6.07) is 1.71. The first-order valence-electron chi connectivity index (χ1n) is 5.68. The summed E-state index contributed by atoms with van der Waals surface area (Å²) in [5.74, 6) is -5.18. The average Bonchev–Trinajstić information content (AvgIpc) is 2.38. The third-order valence-electron chi connectivity index (χ3n) is 2.30. The number of rotatable bonds is 7. The van der Waals surface area contributed by atoms with Crippen molar-refractivity contribution in [3.05, 3.63) is 29.8 Å². The lowest BCUT2D eigenvalue weighted by atomic mass is 10.2. The van der Waals surface area contributed by atoms with E-state index >= 15 is 0 Å². The van der Waals surface area contributed by atoms with E-state index in [1.807, 2.05) is 0 Å². The van der Waals surface area contributed by atoms with Crippen LogP contribution in [0.1, 0.15) is 6.42 Å². The van der Waals surface area contributed by atoms with Crippen LogP contribution >= 0.6 is 11.8 Å². The summed E-state index contributed by atoms with van der Waals surface area (Å²) in [6.45, 7) is 0. The van der Waals surface area contributed by atoms with Gasteiger partial charge in [0.15, 0.2) is 11.6 Å². The van der Waals surface area contributed by atoms with Crippen molar-refractivity contribution in [3.8, 4) is 0 Å². The summed E-state index contributed by atoms with van der Waals surface area (Å²) < 4.78 is 25.7. The molecule has 0 aliphatic rings. The van der Waals surface area contributed by atoms with Crippen LogP contribution in [-0.4, -0.2) is 34.7 Å². The summed E-state index contributed by atoms with van der Waals surface area (Å²) in [6.07, 6.45) is -0.531. The highest BCUT2D eigenvalue weighted by molar-refractivity contribution is 8.00. The molecule has 6 nitrogen and oxygen atoms in total. The molecule has 0 aliphatic carbocycles. The molecule has 0 bridgehead atoms. The molecular weight excluding hydrogens is 306 g/mol. The number of benzene rings is 1. The number of carbonyl (C=O) groups excluding carboxylic acids is 2. The Morgan fingerprint density at radius 1 is 1.29 bits per heavy atom.